The number of nitrogens with one attached hydrogen (secondary N) is 12. The first kappa shape index (κ1) is 141. The quantitative estimate of drug-likeness (QED) is 0.0272. The Hall–Kier alpha value is -0.480. The molecule has 0 bridgehead atoms. The molecule has 12 N–H and O–H groups in total. The average Bonchev–Trinajstić information content (AvgIpc) is 0.850. The second kappa shape index (κ2) is 78.0. The van der Waals surface area contributed by atoms with E-state index in [-0.39, 0.29) is 22.2 Å². The smallest absolute Gasteiger partial charge is 0.0127 e. The van der Waals surface area contributed by atoms with E-state index in [2.05, 4.69) is 452 Å². The first-order valence-electron chi connectivity index (χ1n) is 48.5. The molecule has 0 aromatic carbocycles. The van der Waals surface area contributed by atoms with Gasteiger partial charge in [-0.05, 0) is 353 Å². The normalized spacial score (nSPS) is 13.0. The Morgan fingerprint density at radius 1 is 0.216 bits per heavy atom. The van der Waals surface area contributed by atoms with Gasteiger partial charge in [0.05, 0.1) is 0 Å². The van der Waals surface area contributed by atoms with Gasteiger partial charge < -0.3 is 63.8 Å². The van der Waals surface area contributed by atoms with Gasteiger partial charge in [-0.2, -0.15) is 0 Å². The molecule has 720 valence electrons. The highest BCUT2D eigenvalue weighted by molar-refractivity contribution is 4.84. The summed E-state index contributed by atoms with van der Waals surface area (Å²) in [6.45, 7) is 140. The summed E-state index contributed by atoms with van der Waals surface area (Å²) in [4.78, 5) is 0. The van der Waals surface area contributed by atoms with E-state index in [1.807, 2.05) is 0 Å². The summed E-state index contributed by atoms with van der Waals surface area (Å²) in [6.07, 6.45) is 20.4. The maximum Gasteiger partial charge on any atom is 0.0127 e. The summed E-state index contributed by atoms with van der Waals surface area (Å²) >= 11 is 0. The van der Waals surface area contributed by atoms with E-state index < -0.39 is 0 Å². The third-order valence-electron chi connectivity index (χ3n) is 16.3. The largest absolute Gasteiger partial charge is 0.316 e. The molecule has 0 aromatic rings. The summed E-state index contributed by atoms with van der Waals surface area (Å²) in [7, 11) is 0. The Morgan fingerprint density at radius 3 is 0.733 bits per heavy atom. The lowest BCUT2D eigenvalue weighted by atomic mass is 9.94. The van der Waals surface area contributed by atoms with Crippen LogP contribution in [0, 0.1) is 44.3 Å². The molecule has 12 nitrogen and oxygen atoms in total. The van der Waals surface area contributed by atoms with Gasteiger partial charge in [-0.1, -0.05) is 260 Å². The van der Waals surface area contributed by atoms with E-state index in [9.17, 15) is 0 Å². The minimum Gasteiger partial charge on any atom is -0.316 e. The zero-order valence-electron chi connectivity index (χ0n) is 92.5. The Morgan fingerprint density at radius 2 is 0.500 bits per heavy atom. The van der Waals surface area contributed by atoms with Crippen molar-refractivity contribution in [3.8, 4) is 0 Å². The zero-order chi connectivity index (χ0) is 95.0. The van der Waals surface area contributed by atoms with Crippen molar-refractivity contribution in [1.29, 1.82) is 0 Å². The van der Waals surface area contributed by atoms with Gasteiger partial charge >= 0.3 is 0 Å². The van der Waals surface area contributed by atoms with Gasteiger partial charge in [0, 0.05) is 69.5 Å². The van der Waals surface area contributed by atoms with Crippen molar-refractivity contribution in [3.05, 3.63) is 0 Å². The molecule has 0 fully saturated rings. The number of rotatable bonds is 36. The maximum atomic E-state index is 3.55. The highest BCUT2D eigenvalue weighted by Gasteiger charge is 2.22. The predicted octanol–water partition coefficient (Wildman–Crippen LogP) is 28.1. The zero-order valence-corrected chi connectivity index (χ0v) is 92.5. The molecule has 2 atom stereocenters. The van der Waals surface area contributed by atoms with Crippen molar-refractivity contribution in [2.75, 3.05) is 91.6 Å². The summed E-state index contributed by atoms with van der Waals surface area (Å²) in [5.41, 5.74) is 4.82. The molecular formula is C104H244N12. The summed E-state index contributed by atoms with van der Waals surface area (Å²) in [5.74, 6) is 1.52. The van der Waals surface area contributed by atoms with E-state index in [0.29, 0.717) is 66.7 Å². The summed E-state index contributed by atoms with van der Waals surface area (Å²) in [5, 5.41) is 41.4. The van der Waals surface area contributed by atoms with E-state index in [1.54, 1.807) is 0 Å². The molecule has 0 aliphatic rings. The Balaban J connectivity index is -0.000000102. The first-order valence-corrected chi connectivity index (χ1v) is 48.5. The molecule has 116 heavy (non-hydrogen) atoms. The molecule has 12 heteroatoms. The second-order valence-corrected chi connectivity index (χ2v) is 49.2. The second-order valence-electron chi connectivity index (χ2n) is 49.2. The number of hydrogen-bond donors (Lipinski definition) is 12. The van der Waals surface area contributed by atoms with Crippen LogP contribution in [0.15, 0.2) is 0 Å². The monoisotopic (exact) mass is 1660 g/mol. The van der Waals surface area contributed by atoms with Gasteiger partial charge in [0.25, 0.3) is 0 Å². The van der Waals surface area contributed by atoms with Crippen LogP contribution in [0.5, 0.6) is 0 Å². The van der Waals surface area contributed by atoms with Crippen molar-refractivity contribution < 1.29 is 0 Å². The van der Waals surface area contributed by atoms with Crippen LogP contribution in [0.4, 0.5) is 0 Å². The van der Waals surface area contributed by atoms with Crippen LogP contribution >= 0.6 is 0 Å². The Kier molecular flexibility index (Phi) is 95.1. The third kappa shape index (κ3) is 197. The molecule has 0 saturated heterocycles. The van der Waals surface area contributed by atoms with Crippen LogP contribution in [0.1, 0.15) is 490 Å². The van der Waals surface area contributed by atoms with Gasteiger partial charge in [-0.25, -0.2) is 0 Å². The molecule has 0 aliphatic heterocycles. The van der Waals surface area contributed by atoms with E-state index in [1.165, 1.54) is 116 Å². The van der Waals surface area contributed by atoms with Crippen LogP contribution in [-0.4, -0.2) is 148 Å². The molecule has 2 unspecified atom stereocenters. The lowest BCUT2D eigenvalue weighted by Gasteiger charge is -2.34. The summed E-state index contributed by atoms with van der Waals surface area (Å²) in [6, 6.07) is 1.31. The van der Waals surface area contributed by atoms with Gasteiger partial charge in [0.2, 0.25) is 0 Å². The Labute approximate surface area is 742 Å². The van der Waals surface area contributed by atoms with Crippen molar-refractivity contribution in [2.45, 2.75) is 547 Å². The van der Waals surface area contributed by atoms with E-state index in [0.717, 1.165) is 90.4 Å². The van der Waals surface area contributed by atoms with Gasteiger partial charge in [0.15, 0.2) is 0 Å². The van der Waals surface area contributed by atoms with Gasteiger partial charge in [-0.3, -0.25) is 0 Å². The van der Waals surface area contributed by atoms with E-state index >= 15 is 0 Å². The lowest BCUT2D eigenvalue weighted by molar-refractivity contribution is 0.275. The standard InChI is InChI=1S/2C10H23N.5C9H21N.4C8H19N.C7H17N/c1-7-10(5,6)11-8-9(2,3)4;1-5-6-7-8-11-9-10(2,3)4;1-8(2)6-10-7-9(3,4)5;1-7-9(5,6)10-8(2,3)4;1-6-8(2)10-7-9(3,4)5;1-5-6-7-10-8-9(2,3)4;1-5-6-7-8-10-9(2,3)4;1-7(2)6-9-8(3,4)5;1-6-7(2)9-8(3,4)5;1-5-6-9-7-8(2,3)4;1-5-6-7-9-8(2,3)4;1-5-6-8-7(2,3)4/h11H,7-8H2,1-6H3;11H,5-9H2,1-4H3;8,10H,6-7H2,1-5H3;10H,7H2,1-6H3;8,10H,6-7H2,1-5H3;2*10H,5-8H2,1-4H3;2*7,9H,6H2,1-5H3;2*9H,5-7H2,1-4H3;8H,5-6H2,1-4H3. The molecular weight excluding hydrogens is 1420 g/mol. The molecule has 0 rings (SSSR count). The highest BCUT2D eigenvalue weighted by atomic mass is 15.0. The predicted molar refractivity (Wildman–Crippen MR) is 548 cm³/mol. The first-order chi connectivity index (χ1) is 51.6. The molecule has 0 heterocycles. The minimum absolute atomic E-state index is 0.236. The SMILES string of the molecule is CC(C)CNC(C)(C)C.CC(C)CNCC(C)(C)C.CCC(C)(C)NC(C)(C)C.CCC(C)(C)NCC(C)(C)C.CCC(C)NC(C)(C)C.CCC(C)NCC(C)(C)C.CCCCCNC(C)(C)C.CCCCCNCC(C)(C)C.CCCCNC(C)(C)C.CCCCNCC(C)(C)C.CCCNC(C)(C)C.CCCNCC(C)(C)C. The molecule has 0 radical (unpaired) electrons. The molecule has 0 saturated carbocycles. The van der Waals surface area contributed by atoms with Crippen molar-refractivity contribution >= 4 is 0 Å². The topological polar surface area (TPSA) is 144 Å². The minimum atomic E-state index is 0.236. The fourth-order valence-corrected chi connectivity index (χ4v) is 8.79. The maximum absolute atomic E-state index is 3.55. The fourth-order valence-electron chi connectivity index (χ4n) is 8.79. The van der Waals surface area contributed by atoms with E-state index in [4.69, 9.17) is 0 Å². The van der Waals surface area contributed by atoms with Gasteiger partial charge in [-0.15, -0.1) is 0 Å². The number of unbranched alkanes of at least 4 members (excludes halogenated alkanes) is 6. The molecule has 0 aromatic heterocycles. The van der Waals surface area contributed by atoms with Crippen LogP contribution in [0.25, 0.3) is 0 Å². The van der Waals surface area contributed by atoms with Crippen molar-refractivity contribution in [1.82, 2.24) is 63.8 Å². The third-order valence-corrected chi connectivity index (χ3v) is 16.3. The van der Waals surface area contributed by atoms with Crippen LogP contribution in [0.2, 0.25) is 0 Å². The number of hydrogen-bond acceptors (Lipinski definition) is 12. The average molecular weight is 1660 g/mol. The van der Waals surface area contributed by atoms with Crippen LogP contribution in [-0.2, 0) is 0 Å². The highest BCUT2D eigenvalue weighted by Crippen LogP contribution is 2.18. The van der Waals surface area contributed by atoms with Crippen LogP contribution < -0.4 is 63.8 Å². The van der Waals surface area contributed by atoms with Crippen molar-refractivity contribution in [2.24, 2.45) is 44.3 Å². The van der Waals surface area contributed by atoms with Crippen molar-refractivity contribution in [3.63, 3.8) is 0 Å². The molecule has 0 spiro atoms. The molecule has 0 aliphatic carbocycles. The Bertz CT molecular complexity index is 1850. The van der Waals surface area contributed by atoms with Gasteiger partial charge in [0.1, 0.15) is 0 Å². The lowest BCUT2D eigenvalue weighted by Crippen LogP contribution is -2.49. The molecule has 0 amide bonds. The fraction of sp³-hybridized carbons (Fsp3) is 1.00. The van der Waals surface area contributed by atoms with Crippen LogP contribution in [0.3, 0.4) is 0 Å². The summed E-state index contributed by atoms with van der Waals surface area (Å²) < 4.78 is 0.